The second-order valence-corrected chi connectivity index (χ2v) is 6.36. The molecule has 134 valence electrons. The first-order valence-corrected chi connectivity index (χ1v) is 8.64. The lowest BCUT2D eigenvalue weighted by Crippen LogP contribution is -2.53. The zero-order chi connectivity index (χ0) is 18.0. The monoisotopic (exact) mass is 345 g/mol. The highest BCUT2D eigenvalue weighted by Gasteiger charge is 2.38. The number of imide groups is 1. The van der Waals surface area contributed by atoms with E-state index in [0.717, 1.165) is 0 Å². The first kappa shape index (κ1) is 17.4. The van der Waals surface area contributed by atoms with Gasteiger partial charge in [0.05, 0.1) is 23.8 Å². The fourth-order valence-electron chi connectivity index (χ4n) is 3.39. The van der Waals surface area contributed by atoms with Gasteiger partial charge in [0, 0.05) is 32.7 Å². The van der Waals surface area contributed by atoms with E-state index in [-0.39, 0.29) is 23.9 Å². The SMILES string of the molecule is CCOC(=O)N1CCN(CC(C)N2C(=O)c3ccccc3C2=O)CC1. The number of hydrogen-bond donors (Lipinski definition) is 0. The standard InChI is InChI=1S/C18H23N3O4/c1-3-25-18(24)20-10-8-19(9-11-20)12-13(2)21-16(22)14-6-4-5-7-15(14)17(21)23/h4-7,13H,3,8-12H2,1-2H3. The maximum absolute atomic E-state index is 12.5. The molecule has 7 nitrogen and oxygen atoms in total. The molecule has 7 heteroatoms. The summed E-state index contributed by atoms with van der Waals surface area (Å²) in [4.78, 5) is 42.0. The maximum Gasteiger partial charge on any atom is 0.409 e. The van der Waals surface area contributed by atoms with Gasteiger partial charge in [0.1, 0.15) is 0 Å². The third kappa shape index (κ3) is 3.37. The molecule has 25 heavy (non-hydrogen) atoms. The molecule has 3 rings (SSSR count). The molecule has 0 aromatic heterocycles. The third-order valence-corrected chi connectivity index (χ3v) is 4.69. The van der Waals surface area contributed by atoms with Crippen molar-refractivity contribution in [1.82, 2.24) is 14.7 Å². The predicted molar refractivity (Wildman–Crippen MR) is 91.4 cm³/mol. The molecule has 0 spiro atoms. The van der Waals surface area contributed by atoms with Crippen LogP contribution in [0.3, 0.4) is 0 Å². The Kier molecular flexibility index (Phi) is 5.03. The molecule has 0 radical (unpaired) electrons. The Hall–Kier alpha value is -2.41. The van der Waals surface area contributed by atoms with E-state index < -0.39 is 0 Å². The van der Waals surface area contributed by atoms with E-state index in [9.17, 15) is 14.4 Å². The summed E-state index contributed by atoms with van der Waals surface area (Å²) in [5.41, 5.74) is 0.956. The van der Waals surface area contributed by atoms with Crippen molar-refractivity contribution in [2.75, 3.05) is 39.3 Å². The van der Waals surface area contributed by atoms with Gasteiger partial charge in [-0.2, -0.15) is 0 Å². The number of fused-ring (bicyclic) bond motifs is 1. The molecular formula is C18H23N3O4. The van der Waals surface area contributed by atoms with Crippen molar-refractivity contribution in [3.8, 4) is 0 Å². The van der Waals surface area contributed by atoms with Crippen LogP contribution in [0.4, 0.5) is 4.79 Å². The number of ether oxygens (including phenoxy) is 1. The number of piperazine rings is 1. The maximum atomic E-state index is 12.5. The van der Waals surface area contributed by atoms with Crippen molar-refractivity contribution in [2.24, 2.45) is 0 Å². The number of amides is 3. The molecule has 2 heterocycles. The molecule has 1 atom stereocenters. The Balaban J connectivity index is 1.57. The van der Waals surface area contributed by atoms with Crippen LogP contribution in [0, 0.1) is 0 Å². The molecule has 1 saturated heterocycles. The largest absolute Gasteiger partial charge is 0.450 e. The van der Waals surface area contributed by atoms with Crippen molar-refractivity contribution in [3.63, 3.8) is 0 Å². The van der Waals surface area contributed by atoms with Crippen LogP contribution in [0.15, 0.2) is 24.3 Å². The third-order valence-electron chi connectivity index (χ3n) is 4.69. The van der Waals surface area contributed by atoms with E-state index in [2.05, 4.69) is 4.90 Å². The molecular weight excluding hydrogens is 322 g/mol. The van der Waals surface area contributed by atoms with Crippen LogP contribution < -0.4 is 0 Å². The molecule has 1 fully saturated rings. The molecule has 0 saturated carbocycles. The quantitative estimate of drug-likeness (QED) is 0.773. The lowest BCUT2D eigenvalue weighted by molar-refractivity contribution is 0.0509. The minimum absolute atomic E-state index is 0.221. The normalized spacial score (nSPS) is 19.1. The van der Waals surface area contributed by atoms with E-state index in [1.807, 2.05) is 6.92 Å². The summed E-state index contributed by atoms with van der Waals surface area (Å²) in [7, 11) is 0. The number of hydrogen-bond acceptors (Lipinski definition) is 5. The van der Waals surface area contributed by atoms with Gasteiger partial charge in [-0.1, -0.05) is 12.1 Å². The summed E-state index contributed by atoms with van der Waals surface area (Å²) < 4.78 is 5.01. The first-order chi connectivity index (χ1) is 12.0. The van der Waals surface area contributed by atoms with Crippen molar-refractivity contribution in [1.29, 1.82) is 0 Å². The van der Waals surface area contributed by atoms with Gasteiger partial charge in [-0.3, -0.25) is 19.4 Å². The summed E-state index contributed by atoms with van der Waals surface area (Å²) >= 11 is 0. The fourth-order valence-corrected chi connectivity index (χ4v) is 3.39. The van der Waals surface area contributed by atoms with Gasteiger partial charge >= 0.3 is 6.09 Å². The zero-order valence-corrected chi connectivity index (χ0v) is 14.6. The summed E-state index contributed by atoms with van der Waals surface area (Å²) in [6, 6.07) is 6.71. The predicted octanol–water partition coefficient (Wildman–Crippen LogP) is 1.45. The highest BCUT2D eigenvalue weighted by atomic mass is 16.6. The van der Waals surface area contributed by atoms with E-state index in [0.29, 0.717) is 50.5 Å². The Bertz CT molecular complexity index is 648. The molecule has 3 amide bonds. The Morgan fingerprint density at radius 2 is 1.64 bits per heavy atom. The van der Waals surface area contributed by atoms with Gasteiger partial charge < -0.3 is 9.64 Å². The second kappa shape index (κ2) is 7.23. The summed E-state index contributed by atoms with van der Waals surface area (Å²) in [6.45, 7) is 7.23. The fraction of sp³-hybridized carbons (Fsp3) is 0.500. The number of carbonyl (C=O) groups is 3. The zero-order valence-electron chi connectivity index (χ0n) is 14.6. The Morgan fingerprint density at radius 1 is 1.08 bits per heavy atom. The molecule has 1 aromatic carbocycles. The highest BCUT2D eigenvalue weighted by Crippen LogP contribution is 2.24. The Morgan fingerprint density at radius 3 is 2.16 bits per heavy atom. The van der Waals surface area contributed by atoms with Crippen LogP contribution >= 0.6 is 0 Å². The van der Waals surface area contributed by atoms with Gasteiger partial charge in [-0.25, -0.2) is 4.79 Å². The molecule has 2 aliphatic heterocycles. The van der Waals surface area contributed by atoms with E-state index >= 15 is 0 Å². The molecule has 0 N–H and O–H groups in total. The lowest BCUT2D eigenvalue weighted by atomic mass is 10.1. The minimum Gasteiger partial charge on any atom is -0.450 e. The van der Waals surface area contributed by atoms with Gasteiger partial charge in [-0.15, -0.1) is 0 Å². The summed E-state index contributed by atoms with van der Waals surface area (Å²) in [6.07, 6.45) is -0.282. The Labute approximate surface area is 147 Å². The molecule has 2 aliphatic rings. The van der Waals surface area contributed by atoms with E-state index in [1.165, 1.54) is 4.90 Å². The van der Waals surface area contributed by atoms with Crippen LogP contribution in [0.5, 0.6) is 0 Å². The van der Waals surface area contributed by atoms with Gasteiger partial charge in [-0.05, 0) is 26.0 Å². The van der Waals surface area contributed by atoms with Crippen molar-refractivity contribution < 1.29 is 19.1 Å². The molecule has 0 aliphatic carbocycles. The van der Waals surface area contributed by atoms with Crippen LogP contribution in [0.2, 0.25) is 0 Å². The lowest BCUT2D eigenvalue weighted by Gasteiger charge is -2.36. The summed E-state index contributed by atoms with van der Waals surface area (Å²) in [5.74, 6) is -0.448. The van der Waals surface area contributed by atoms with Crippen LogP contribution in [0.25, 0.3) is 0 Å². The van der Waals surface area contributed by atoms with Crippen molar-refractivity contribution in [3.05, 3.63) is 35.4 Å². The van der Waals surface area contributed by atoms with Gasteiger partial charge in [0.25, 0.3) is 11.8 Å². The summed E-state index contributed by atoms with van der Waals surface area (Å²) in [5, 5.41) is 0. The van der Waals surface area contributed by atoms with Gasteiger partial charge in [0.2, 0.25) is 0 Å². The van der Waals surface area contributed by atoms with Crippen molar-refractivity contribution in [2.45, 2.75) is 19.9 Å². The molecule has 1 unspecified atom stereocenters. The van der Waals surface area contributed by atoms with E-state index in [4.69, 9.17) is 4.74 Å². The van der Waals surface area contributed by atoms with Crippen LogP contribution in [0.1, 0.15) is 34.6 Å². The first-order valence-electron chi connectivity index (χ1n) is 8.64. The van der Waals surface area contributed by atoms with Crippen LogP contribution in [-0.4, -0.2) is 78.0 Å². The smallest absolute Gasteiger partial charge is 0.409 e. The number of rotatable bonds is 4. The minimum atomic E-state index is -0.282. The molecule has 1 aromatic rings. The van der Waals surface area contributed by atoms with Crippen LogP contribution in [-0.2, 0) is 4.74 Å². The number of benzene rings is 1. The van der Waals surface area contributed by atoms with E-state index in [1.54, 1.807) is 36.1 Å². The van der Waals surface area contributed by atoms with Crippen molar-refractivity contribution >= 4 is 17.9 Å². The topological polar surface area (TPSA) is 70.2 Å². The number of carbonyl (C=O) groups excluding carboxylic acids is 3. The average Bonchev–Trinajstić information content (AvgIpc) is 2.87. The number of nitrogens with zero attached hydrogens (tertiary/aromatic N) is 3. The average molecular weight is 345 g/mol. The highest BCUT2D eigenvalue weighted by molar-refractivity contribution is 6.21. The second-order valence-electron chi connectivity index (χ2n) is 6.36. The molecule has 0 bridgehead atoms. The van der Waals surface area contributed by atoms with Gasteiger partial charge in [0.15, 0.2) is 0 Å².